The Kier molecular flexibility index (Phi) is 6.34. The Morgan fingerprint density at radius 2 is 1.50 bits per heavy atom. The van der Waals surface area contributed by atoms with Gasteiger partial charge in [-0.05, 0) is 116 Å². The minimum Gasteiger partial charge on any atom is -0.380 e. The second kappa shape index (κ2) is 8.16. The molecule has 4 saturated carbocycles. The lowest BCUT2D eigenvalue weighted by Gasteiger charge is -2.62. The van der Waals surface area contributed by atoms with Gasteiger partial charge >= 0.3 is 6.18 Å². The molecule has 0 radical (unpaired) electrons. The molecule has 4 heteroatoms. The lowest BCUT2D eigenvalue weighted by atomic mass is 9.43. The zero-order valence-corrected chi connectivity index (χ0v) is 21.2. The van der Waals surface area contributed by atoms with Gasteiger partial charge < -0.3 is 5.11 Å². The summed E-state index contributed by atoms with van der Waals surface area (Å²) in [6, 6.07) is 0. The summed E-state index contributed by atoms with van der Waals surface area (Å²) in [6.07, 6.45) is 8.27. The Labute approximate surface area is 194 Å². The highest BCUT2D eigenvalue weighted by molar-refractivity contribution is 5.11. The molecule has 0 aromatic carbocycles. The molecule has 1 N–H and O–H groups in total. The van der Waals surface area contributed by atoms with Crippen LogP contribution in [0.4, 0.5) is 13.2 Å². The Morgan fingerprint density at radius 1 is 0.812 bits per heavy atom. The molecule has 186 valence electrons. The third-order valence-corrected chi connectivity index (χ3v) is 11.2. The Morgan fingerprint density at radius 3 is 2.16 bits per heavy atom. The zero-order chi connectivity index (χ0) is 23.6. The van der Waals surface area contributed by atoms with Crippen LogP contribution in [-0.4, -0.2) is 16.9 Å². The van der Waals surface area contributed by atoms with E-state index in [1.54, 1.807) is 0 Å². The van der Waals surface area contributed by atoms with Crippen LogP contribution in [-0.2, 0) is 0 Å². The molecule has 8 atom stereocenters. The van der Waals surface area contributed by atoms with Crippen molar-refractivity contribution in [2.24, 2.45) is 45.8 Å². The SMILES string of the molecule is CC(C)(C)CCCCC1CCC2C3CCC4C[C@](O)(C(F)(F)F)CCC4(C)C3CCC12C. The summed E-state index contributed by atoms with van der Waals surface area (Å²) in [5.41, 5.74) is -1.62. The van der Waals surface area contributed by atoms with E-state index in [-0.39, 0.29) is 24.2 Å². The summed E-state index contributed by atoms with van der Waals surface area (Å²) in [6.45, 7) is 11.8. The first kappa shape index (κ1) is 24.9. The molecular weight excluding hydrogens is 409 g/mol. The summed E-state index contributed by atoms with van der Waals surface area (Å²) in [7, 11) is 0. The molecule has 1 nitrogen and oxygen atoms in total. The predicted molar refractivity (Wildman–Crippen MR) is 124 cm³/mol. The molecule has 4 fully saturated rings. The summed E-state index contributed by atoms with van der Waals surface area (Å²) >= 11 is 0. The lowest BCUT2D eigenvalue weighted by Crippen LogP contribution is -2.59. The first-order valence-corrected chi connectivity index (χ1v) is 13.5. The number of aliphatic hydroxyl groups is 1. The lowest BCUT2D eigenvalue weighted by molar-refractivity contribution is -0.290. The first-order chi connectivity index (χ1) is 14.7. The average molecular weight is 457 g/mol. The van der Waals surface area contributed by atoms with Gasteiger partial charge in [-0.1, -0.05) is 47.5 Å². The fourth-order valence-corrected chi connectivity index (χ4v) is 9.13. The second-order valence-corrected chi connectivity index (χ2v) is 14.0. The van der Waals surface area contributed by atoms with Crippen LogP contribution in [0.1, 0.15) is 118 Å². The van der Waals surface area contributed by atoms with E-state index in [0.29, 0.717) is 29.1 Å². The number of hydrogen-bond donors (Lipinski definition) is 1. The van der Waals surface area contributed by atoms with Crippen molar-refractivity contribution in [1.82, 2.24) is 0 Å². The number of halogens is 3. The van der Waals surface area contributed by atoms with Crippen LogP contribution in [0.25, 0.3) is 0 Å². The van der Waals surface area contributed by atoms with Crippen LogP contribution in [0.15, 0.2) is 0 Å². The molecule has 0 aliphatic heterocycles. The maximum atomic E-state index is 13.6. The third-order valence-electron chi connectivity index (χ3n) is 11.2. The van der Waals surface area contributed by atoms with E-state index in [9.17, 15) is 18.3 Å². The van der Waals surface area contributed by atoms with Gasteiger partial charge in [0.25, 0.3) is 0 Å². The van der Waals surface area contributed by atoms with Crippen molar-refractivity contribution in [2.75, 3.05) is 0 Å². The minimum atomic E-state index is -4.50. The van der Waals surface area contributed by atoms with Crippen molar-refractivity contribution in [3.63, 3.8) is 0 Å². The monoisotopic (exact) mass is 456 g/mol. The normalized spacial score (nSPS) is 47.0. The number of rotatable bonds is 4. The van der Waals surface area contributed by atoms with Gasteiger partial charge in [0.2, 0.25) is 0 Å². The molecule has 0 bridgehead atoms. The Bertz CT molecular complexity index is 681. The van der Waals surface area contributed by atoms with Gasteiger partial charge in [-0.3, -0.25) is 0 Å². The predicted octanol–water partition coefficient (Wildman–Crippen LogP) is 8.55. The van der Waals surface area contributed by atoms with Crippen LogP contribution in [0.5, 0.6) is 0 Å². The molecule has 0 aromatic rings. The Hall–Kier alpha value is -0.250. The highest BCUT2D eigenvalue weighted by Crippen LogP contribution is 2.69. The summed E-state index contributed by atoms with van der Waals surface area (Å²) in [5, 5.41) is 10.4. The van der Waals surface area contributed by atoms with Gasteiger partial charge in [0.15, 0.2) is 5.60 Å². The smallest absolute Gasteiger partial charge is 0.380 e. The molecule has 0 amide bonds. The van der Waals surface area contributed by atoms with Crippen molar-refractivity contribution in [3.05, 3.63) is 0 Å². The van der Waals surface area contributed by atoms with E-state index in [1.165, 1.54) is 51.4 Å². The molecule has 0 spiro atoms. The number of fused-ring (bicyclic) bond motifs is 5. The van der Waals surface area contributed by atoms with Crippen molar-refractivity contribution >= 4 is 0 Å². The summed E-state index contributed by atoms with van der Waals surface area (Å²) in [4.78, 5) is 0. The van der Waals surface area contributed by atoms with Crippen molar-refractivity contribution in [1.29, 1.82) is 0 Å². The first-order valence-electron chi connectivity index (χ1n) is 13.5. The average Bonchev–Trinajstić information content (AvgIpc) is 3.01. The van der Waals surface area contributed by atoms with E-state index < -0.39 is 11.8 Å². The van der Waals surface area contributed by atoms with Crippen LogP contribution in [0, 0.1) is 45.8 Å². The molecule has 0 saturated heterocycles. The van der Waals surface area contributed by atoms with E-state index in [1.807, 2.05) is 0 Å². The van der Waals surface area contributed by atoms with Gasteiger partial charge in [0.05, 0.1) is 0 Å². The van der Waals surface area contributed by atoms with Gasteiger partial charge in [0, 0.05) is 0 Å². The quantitative estimate of drug-likeness (QED) is 0.420. The molecule has 4 aliphatic rings. The molecule has 4 rings (SSSR count). The standard InChI is InChI=1S/C28H47F3O/c1-24(2,3)14-7-6-8-19-10-12-22-21-11-9-20-18-27(32,28(29,30)31)17-16-26(20,5)23(21)13-15-25(19,22)4/h19-23,32H,6-18H2,1-5H3/t19?,20?,21?,22?,23?,25?,26?,27-/m0/s1. The van der Waals surface area contributed by atoms with Gasteiger partial charge in [-0.15, -0.1) is 0 Å². The van der Waals surface area contributed by atoms with E-state index >= 15 is 0 Å². The molecule has 0 aromatic heterocycles. The second-order valence-electron chi connectivity index (χ2n) is 14.0. The summed E-state index contributed by atoms with van der Waals surface area (Å²) < 4.78 is 40.7. The fourth-order valence-electron chi connectivity index (χ4n) is 9.13. The fraction of sp³-hybridized carbons (Fsp3) is 1.00. The Balaban J connectivity index is 1.43. The van der Waals surface area contributed by atoms with Crippen molar-refractivity contribution in [3.8, 4) is 0 Å². The topological polar surface area (TPSA) is 20.2 Å². The van der Waals surface area contributed by atoms with Crippen LogP contribution >= 0.6 is 0 Å². The molecular formula is C28H47F3O. The van der Waals surface area contributed by atoms with Crippen LogP contribution in [0.3, 0.4) is 0 Å². The van der Waals surface area contributed by atoms with E-state index in [0.717, 1.165) is 24.7 Å². The van der Waals surface area contributed by atoms with Crippen LogP contribution in [0.2, 0.25) is 0 Å². The molecule has 32 heavy (non-hydrogen) atoms. The largest absolute Gasteiger partial charge is 0.417 e. The van der Waals surface area contributed by atoms with E-state index in [2.05, 4.69) is 34.6 Å². The molecule has 0 heterocycles. The number of alkyl halides is 3. The van der Waals surface area contributed by atoms with Gasteiger partial charge in [0.1, 0.15) is 0 Å². The van der Waals surface area contributed by atoms with Crippen LogP contribution < -0.4 is 0 Å². The highest BCUT2D eigenvalue weighted by atomic mass is 19.4. The molecule has 7 unspecified atom stereocenters. The maximum Gasteiger partial charge on any atom is 0.417 e. The van der Waals surface area contributed by atoms with Crippen molar-refractivity contribution < 1.29 is 18.3 Å². The third kappa shape index (κ3) is 4.17. The molecule has 4 aliphatic carbocycles. The number of hydrogen-bond acceptors (Lipinski definition) is 1. The minimum absolute atomic E-state index is 0.0167. The maximum absolute atomic E-state index is 13.6. The highest BCUT2D eigenvalue weighted by Gasteiger charge is 2.64. The van der Waals surface area contributed by atoms with Crippen molar-refractivity contribution in [2.45, 2.75) is 130 Å². The number of unbranched alkanes of at least 4 members (excludes halogenated alkanes) is 1. The zero-order valence-electron chi connectivity index (χ0n) is 21.2. The van der Waals surface area contributed by atoms with Gasteiger partial charge in [-0.2, -0.15) is 13.2 Å². The summed E-state index contributed by atoms with van der Waals surface area (Å²) in [5.74, 6) is 2.85. The van der Waals surface area contributed by atoms with E-state index in [4.69, 9.17) is 0 Å². The van der Waals surface area contributed by atoms with Gasteiger partial charge in [-0.25, -0.2) is 0 Å².